The predicted octanol–water partition coefficient (Wildman–Crippen LogP) is 2.49. The highest BCUT2D eigenvalue weighted by molar-refractivity contribution is 6.33. The molecule has 0 aliphatic heterocycles. The quantitative estimate of drug-likeness (QED) is 0.808. The molecule has 5 nitrogen and oxygen atoms in total. The fraction of sp³-hybridized carbons (Fsp3) is 0.615. The van der Waals surface area contributed by atoms with Gasteiger partial charge in [0.05, 0.1) is 18.1 Å². The summed E-state index contributed by atoms with van der Waals surface area (Å²) in [6.07, 6.45) is 1.70. The summed E-state index contributed by atoms with van der Waals surface area (Å²) in [5.41, 5.74) is 0.778. The molecule has 0 saturated carbocycles. The van der Waals surface area contributed by atoms with E-state index in [2.05, 4.69) is 47.8 Å². The summed E-state index contributed by atoms with van der Waals surface area (Å²) in [6.45, 7) is 7.30. The van der Waals surface area contributed by atoms with E-state index < -0.39 is 0 Å². The van der Waals surface area contributed by atoms with Gasteiger partial charge >= 0.3 is 0 Å². The molecule has 0 aliphatic rings. The number of aryl methyl sites for hydroxylation is 1. The molecule has 0 N–H and O–H groups in total. The van der Waals surface area contributed by atoms with Crippen molar-refractivity contribution in [1.82, 2.24) is 24.6 Å². The standard InChI is InChI=1S/C13H20ClN5/c1-8(2)9(3)18(4)7-11-16-12(14)10-6-15-19(5)13(10)17-11/h6,8-9H,7H2,1-5H3. The fourth-order valence-corrected chi connectivity index (χ4v) is 2.21. The summed E-state index contributed by atoms with van der Waals surface area (Å²) in [5, 5.41) is 5.43. The van der Waals surface area contributed by atoms with Crippen LogP contribution in [0, 0.1) is 5.92 Å². The maximum atomic E-state index is 6.18. The Morgan fingerprint density at radius 2 is 2.00 bits per heavy atom. The first-order valence-electron chi connectivity index (χ1n) is 6.44. The second kappa shape index (κ2) is 5.43. The van der Waals surface area contributed by atoms with Gasteiger partial charge < -0.3 is 0 Å². The Bertz CT molecular complexity index is 578. The first kappa shape index (κ1) is 14.2. The molecule has 0 bridgehead atoms. The van der Waals surface area contributed by atoms with Crippen LogP contribution in [0.15, 0.2) is 6.20 Å². The molecule has 104 valence electrons. The lowest BCUT2D eigenvalue weighted by molar-refractivity contribution is 0.196. The van der Waals surface area contributed by atoms with E-state index in [1.54, 1.807) is 10.9 Å². The third-order valence-corrected chi connectivity index (χ3v) is 3.93. The molecule has 0 radical (unpaired) electrons. The number of nitrogens with zero attached hydrogens (tertiary/aromatic N) is 5. The minimum Gasteiger partial charge on any atom is -0.296 e. The molecule has 1 atom stereocenters. The zero-order valence-corrected chi connectivity index (χ0v) is 12.8. The molecule has 0 saturated heterocycles. The molecule has 0 aromatic carbocycles. The highest BCUT2D eigenvalue weighted by atomic mass is 35.5. The third kappa shape index (κ3) is 2.87. The zero-order valence-electron chi connectivity index (χ0n) is 12.1. The fourth-order valence-electron chi connectivity index (χ4n) is 1.98. The van der Waals surface area contributed by atoms with Crippen LogP contribution < -0.4 is 0 Å². The second-order valence-corrected chi connectivity index (χ2v) is 5.69. The Hall–Kier alpha value is -1.20. The molecule has 19 heavy (non-hydrogen) atoms. The molecule has 0 spiro atoms. The topological polar surface area (TPSA) is 46.8 Å². The summed E-state index contributed by atoms with van der Waals surface area (Å²) in [6, 6.07) is 0.463. The number of fused-ring (bicyclic) bond motifs is 1. The lowest BCUT2D eigenvalue weighted by Crippen LogP contribution is -2.33. The molecule has 0 aliphatic carbocycles. The lowest BCUT2D eigenvalue weighted by atomic mass is 10.1. The molecule has 0 fully saturated rings. The van der Waals surface area contributed by atoms with Crippen molar-refractivity contribution in [3.8, 4) is 0 Å². The van der Waals surface area contributed by atoms with E-state index in [1.807, 2.05) is 7.05 Å². The van der Waals surface area contributed by atoms with E-state index in [1.165, 1.54) is 0 Å². The SMILES string of the molecule is CC(C)C(C)N(C)Cc1nc(Cl)c2cnn(C)c2n1. The minimum atomic E-state index is 0.463. The van der Waals surface area contributed by atoms with Gasteiger partial charge in [-0.15, -0.1) is 0 Å². The average molecular weight is 282 g/mol. The van der Waals surface area contributed by atoms with Gasteiger partial charge in [-0.3, -0.25) is 9.58 Å². The van der Waals surface area contributed by atoms with Gasteiger partial charge in [-0.05, 0) is 19.9 Å². The van der Waals surface area contributed by atoms with Crippen molar-refractivity contribution in [2.45, 2.75) is 33.4 Å². The largest absolute Gasteiger partial charge is 0.296 e. The molecular formula is C13H20ClN5. The van der Waals surface area contributed by atoms with Crippen LogP contribution in [0.2, 0.25) is 5.15 Å². The van der Waals surface area contributed by atoms with E-state index in [4.69, 9.17) is 11.6 Å². The number of rotatable bonds is 4. The van der Waals surface area contributed by atoms with Crippen LogP contribution >= 0.6 is 11.6 Å². The van der Waals surface area contributed by atoms with Crippen LogP contribution in [0.5, 0.6) is 0 Å². The van der Waals surface area contributed by atoms with Crippen LogP contribution in [-0.4, -0.2) is 37.7 Å². The summed E-state index contributed by atoms with van der Waals surface area (Å²) in [5.74, 6) is 1.32. The smallest absolute Gasteiger partial charge is 0.162 e. The third-order valence-electron chi connectivity index (χ3n) is 3.64. The molecule has 2 aromatic rings. The highest BCUT2D eigenvalue weighted by Gasteiger charge is 2.16. The summed E-state index contributed by atoms with van der Waals surface area (Å²) < 4.78 is 1.72. The van der Waals surface area contributed by atoms with Gasteiger partial charge in [-0.2, -0.15) is 5.10 Å². The van der Waals surface area contributed by atoms with Gasteiger partial charge in [0.25, 0.3) is 0 Å². The van der Waals surface area contributed by atoms with E-state index in [0.717, 1.165) is 16.9 Å². The molecule has 2 heterocycles. The number of hydrogen-bond acceptors (Lipinski definition) is 4. The highest BCUT2D eigenvalue weighted by Crippen LogP contribution is 2.20. The Morgan fingerprint density at radius 1 is 1.32 bits per heavy atom. The molecule has 1 unspecified atom stereocenters. The summed E-state index contributed by atoms with van der Waals surface area (Å²) in [4.78, 5) is 11.1. The van der Waals surface area contributed by atoms with E-state index in [9.17, 15) is 0 Å². The molecule has 6 heteroatoms. The van der Waals surface area contributed by atoms with Crippen molar-refractivity contribution >= 4 is 22.6 Å². The van der Waals surface area contributed by atoms with Gasteiger partial charge in [0.15, 0.2) is 5.65 Å². The first-order valence-corrected chi connectivity index (χ1v) is 6.82. The Morgan fingerprint density at radius 3 is 2.63 bits per heavy atom. The second-order valence-electron chi connectivity index (χ2n) is 5.34. The van der Waals surface area contributed by atoms with Gasteiger partial charge in [0.2, 0.25) is 0 Å². The van der Waals surface area contributed by atoms with Crippen LogP contribution in [0.25, 0.3) is 11.0 Å². The van der Waals surface area contributed by atoms with E-state index in [-0.39, 0.29) is 0 Å². The van der Waals surface area contributed by atoms with Gasteiger partial charge in [0, 0.05) is 13.1 Å². The monoisotopic (exact) mass is 281 g/mol. The normalized spacial score (nSPS) is 13.7. The Balaban J connectivity index is 2.28. The Labute approximate surface area is 118 Å². The summed E-state index contributed by atoms with van der Waals surface area (Å²) in [7, 11) is 3.94. The van der Waals surface area contributed by atoms with Crippen molar-refractivity contribution in [2.75, 3.05) is 7.05 Å². The molecule has 0 amide bonds. The Kier molecular flexibility index (Phi) is 4.06. The van der Waals surface area contributed by atoms with Crippen molar-refractivity contribution in [3.63, 3.8) is 0 Å². The van der Waals surface area contributed by atoms with Crippen LogP contribution in [0.1, 0.15) is 26.6 Å². The number of halogens is 1. The maximum Gasteiger partial charge on any atom is 0.162 e. The molecular weight excluding hydrogens is 262 g/mol. The van der Waals surface area contributed by atoms with Crippen molar-refractivity contribution in [2.24, 2.45) is 13.0 Å². The first-order chi connectivity index (χ1) is 8.90. The van der Waals surface area contributed by atoms with Gasteiger partial charge in [0.1, 0.15) is 11.0 Å². The van der Waals surface area contributed by atoms with Crippen molar-refractivity contribution in [1.29, 1.82) is 0 Å². The van der Waals surface area contributed by atoms with Crippen LogP contribution in [0.3, 0.4) is 0 Å². The maximum absolute atomic E-state index is 6.18. The van der Waals surface area contributed by atoms with Crippen molar-refractivity contribution < 1.29 is 0 Å². The van der Waals surface area contributed by atoms with Crippen LogP contribution in [0.4, 0.5) is 0 Å². The lowest BCUT2D eigenvalue weighted by Gasteiger charge is -2.27. The van der Waals surface area contributed by atoms with Gasteiger partial charge in [-0.1, -0.05) is 25.4 Å². The minimum absolute atomic E-state index is 0.463. The van der Waals surface area contributed by atoms with Crippen molar-refractivity contribution in [3.05, 3.63) is 17.2 Å². The van der Waals surface area contributed by atoms with E-state index >= 15 is 0 Å². The summed E-state index contributed by atoms with van der Waals surface area (Å²) >= 11 is 6.18. The van der Waals surface area contributed by atoms with Gasteiger partial charge in [-0.25, -0.2) is 9.97 Å². The number of aromatic nitrogens is 4. The number of hydrogen-bond donors (Lipinski definition) is 0. The molecule has 2 aromatic heterocycles. The predicted molar refractivity (Wildman–Crippen MR) is 77.1 cm³/mol. The average Bonchev–Trinajstić information content (AvgIpc) is 2.70. The molecule has 2 rings (SSSR count). The van der Waals surface area contributed by atoms with E-state index in [0.29, 0.717) is 23.7 Å². The zero-order chi connectivity index (χ0) is 14.2. The van der Waals surface area contributed by atoms with Crippen LogP contribution in [-0.2, 0) is 13.6 Å².